The van der Waals surface area contributed by atoms with Gasteiger partial charge in [0.1, 0.15) is 0 Å². The van der Waals surface area contributed by atoms with Crippen molar-refractivity contribution in [2.75, 3.05) is 33.4 Å². The van der Waals surface area contributed by atoms with Crippen LogP contribution >= 0.6 is 0 Å². The molecule has 5 rings (SSSR count). The number of aliphatic imine (C=N–C) groups is 1. The Bertz CT molecular complexity index is 1150. The molecule has 1 saturated heterocycles. The van der Waals surface area contributed by atoms with Crippen molar-refractivity contribution in [2.45, 2.75) is 63.2 Å². The fraction of sp³-hybridized carbons (Fsp3) is 0.517. The van der Waals surface area contributed by atoms with E-state index in [4.69, 9.17) is 19.2 Å². The maximum Gasteiger partial charge on any atom is 0.387 e. The van der Waals surface area contributed by atoms with E-state index in [1.807, 2.05) is 12.1 Å². The van der Waals surface area contributed by atoms with Gasteiger partial charge in [-0.2, -0.15) is 8.78 Å². The topological polar surface area (TPSA) is 81.2 Å². The second kappa shape index (κ2) is 12.2. The Morgan fingerprint density at radius 1 is 1.18 bits per heavy atom. The normalized spacial score (nSPS) is 22.7. The van der Waals surface area contributed by atoms with Crippen LogP contribution in [-0.2, 0) is 4.74 Å². The molecular formula is C29H35F2N3O4. The average molecular weight is 528 g/mol. The van der Waals surface area contributed by atoms with Crippen LogP contribution in [0.15, 0.2) is 41.4 Å². The van der Waals surface area contributed by atoms with Gasteiger partial charge in [0.05, 0.1) is 31.6 Å². The highest BCUT2D eigenvalue weighted by molar-refractivity contribution is 6.15. The molecule has 0 bridgehead atoms. The molecule has 1 saturated carbocycles. The number of alkyl halides is 2. The number of nitrogens with one attached hydrogen (secondary N) is 2. The maximum atomic E-state index is 13.1. The smallest absolute Gasteiger partial charge is 0.387 e. The Morgan fingerprint density at radius 2 is 2.00 bits per heavy atom. The Kier molecular flexibility index (Phi) is 8.54. The minimum Gasteiger partial charge on any atom is -0.493 e. The van der Waals surface area contributed by atoms with E-state index in [-0.39, 0.29) is 35.5 Å². The molecule has 3 atom stereocenters. The standard InChI is InChI=1S/C29H35F2N3O4/c1-36-25-16-23-22(15-26(25)38-29(30)31)21-6-2-3-7-24(21)34-27(23)18-8-10-19(11-9-18)28(35)33-12-4-5-20-17-32-13-14-37-20/h8-11,15-16,20-21,24,29,32H,2-7,12-14,17H2,1H3,(H,33,35)/t20?,21-,24-/m1/s1. The first kappa shape index (κ1) is 26.6. The number of nitrogens with zero attached hydrogens (tertiary/aromatic N) is 1. The predicted octanol–water partition coefficient (Wildman–Crippen LogP) is 4.67. The van der Waals surface area contributed by atoms with Crippen LogP contribution in [0.3, 0.4) is 0 Å². The van der Waals surface area contributed by atoms with Crippen LogP contribution in [-0.4, -0.2) is 63.7 Å². The van der Waals surface area contributed by atoms with Crippen molar-refractivity contribution in [3.63, 3.8) is 0 Å². The van der Waals surface area contributed by atoms with Gasteiger partial charge in [-0.25, -0.2) is 0 Å². The monoisotopic (exact) mass is 527 g/mol. The highest BCUT2D eigenvalue weighted by atomic mass is 19.3. The zero-order valence-corrected chi connectivity index (χ0v) is 21.7. The van der Waals surface area contributed by atoms with Crippen molar-refractivity contribution in [3.05, 3.63) is 58.7 Å². The van der Waals surface area contributed by atoms with Gasteiger partial charge in [0, 0.05) is 42.2 Å². The van der Waals surface area contributed by atoms with Crippen molar-refractivity contribution in [2.24, 2.45) is 4.99 Å². The summed E-state index contributed by atoms with van der Waals surface area (Å²) in [6.45, 7) is 0.141. The Balaban J connectivity index is 1.32. The molecular weight excluding hydrogens is 492 g/mol. The van der Waals surface area contributed by atoms with Crippen LogP contribution in [0.25, 0.3) is 0 Å². The van der Waals surface area contributed by atoms with Crippen molar-refractivity contribution in [1.82, 2.24) is 10.6 Å². The molecule has 1 amide bonds. The van der Waals surface area contributed by atoms with Gasteiger partial charge in [0.15, 0.2) is 11.5 Å². The molecule has 0 radical (unpaired) electrons. The molecule has 2 fully saturated rings. The second-order valence-corrected chi connectivity index (χ2v) is 10.1. The van der Waals surface area contributed by atoms with E-state index in [0.29, 0.717) is 12.1 Å². The van der Waals surface area contributed by atoms with Gasteiger partial charge in [0.2, 0.25) is 0 Å². The summed E-state index contributed by atoms with van der Waals surface area (Å²) in [5, 5.41) is 6.31. The van der Waals surface area contributed by atoms with E-state index in [2.05, 4.69) is 10.6 Å². The Labute approximate surface area is 222 Å². The van der Waals surface area contributed by atoms with Crippen molar-refractivity contribution >= 4 is 11.6 Å². The lowest BCUT2D eigenvalue weighted by Gasteiger charge is -2.35. The number of hydrogen-bond donors (Lipinski definition) is 2. The highest BCUT2D eigenvalue weighted by Gasteiger charge is 2.35. The number of hydrogen-bond acceptors (Lipinski definition) is 6. The van der Waals surface area contributed by atoms with E-state index < -0.39 is 6.61 Å². The maximum absolute atomic E-state index is 13.1. The third kappa shape index (κ3) is 5.99. The molecule has 2 heterocycles. The van der Waals surface area contributed by atoms with Crippen LogP contribution < -0.4 is 20.1 Å². The second-order valence-electron chi connectivity index (χ2n) is 10.1. The molecule has 3 aliphatic rings. The summed E-state index contributed by atoms with van der Waals surface area (Å²) < 4.78 is 42.1. The van der Waals surface area contributed by atoms with Crippen LogP contribution in [0.4, 0.5) is 8.78 Å². The molecule has 2 N–H and O–H groups in total. The number of carbonyl (C=O) groups excluding carboxylic acids is 1. The summed E-state index contributed by atoms with van der Waals surface area (Å²) in [7, 11) is 1.44. The van der Waals surface area contributed by atoms with Gasteiger partial charge in [-0.15, -0.1) is 0 Å². The van der Waals surface area contributed by atoms with Crippen LogP contribution in [0.2, 0.25) is 0 Å². The summed E-state index contributed by atoms with van der Waals surface area (Å²) in [6.07, 6.45) is 6.04. The largest absolute Gasteiger partial charge is 0.493 e. The fourth-order valence-electron chi connectivity index (χ4n) is 5.75. The van der Waals surface area contributed by atoms with Crippen LogP contribution in [0.1, 0.15) is 71.5 Å². The van der Waals surface area contributed by atoms with Gasteiger partial charge >= 0.3 is 6.61 Å². The summed E-state index contributed by atoms with van der Waals surface area (Å²) in [6, 6.07) is 11.0. The number of benzene rings is 2. The molecule has 2 aromatic rings. The quantitative estimate of drug-likeness (QED) is 0.463. The molecule has 204 valence electrons. The van der Waals surface area contributed by atoms with Gasteiger partial charge in [-0.05, 0) is 55.5 Å². The minimum atomic E-state index is -2.93. The minimum absolute atomic E-state index is 0.0464. The number of methoxy groups -OCH3 is 1. The SMILES string of the molecule is COc1cc2c(cc1OC(F)F)[C@H]1CCCC[C@H]1N=C2c1ccc(C(=O)NCCCC2CNCCO2)cc1. The lowest BCUT2D eigenvalue weighted by Crippen LogP contribution is -2.38. The van der Waals surface area contributed by atoms with E-state index in [1.165, 1.54) is 7.11 Å². The van der Waals surface area contributed by atoms with Gasteiger partial charge < -0.3 is 24.8 Å². The lowest BCUT2D eigenvalue weighted by atomic mass is 9.75. The van der Waals surface area contributed by atoms with Gasteiger partial charge in [-0.1, -0.05) is 25.0 Å². The molecule has 9 heteroatoms. The third-order valence-corrected chi connectivity index (χ3v) is 7.64. The summed E-state index contributed by atoms with van der Waals surface area (Å²) in [5.41, 5.74) is 4.07. The van der Waals surface area contributed by atoms with Gasteiger partial charge in [-0.3, -0.25) is 9.79 Å². The predicted molar refractivity (Wildman–Crippen MR) is 141 cm³/mol. The first-order chi connectivity index (χ1) is 18.5. The fourth-order valence-corrected chi connectivity index (χ4v) is 5.75. The van der Waals surface area contributed by atoms with Crippen LogP contribution in [0, 0.1) is 0 Å². The molecule has 1 aliphatic carbocycles. The number of ether oxygens (including phenoxy) is 3. The van der Waals surface area contributed by atoms with Crippen LogP contribution in [0.5, 0.6) is 11.5 Å². The zero-order chi connectivity index (χ0) is 26.5. The number of halogens is 2. The lowest BCUT2D eigenvalue weighted by molar-refractivity contribution is -0.0512. The number of fused-ring (bicyclic) bond motifs is 3. The zero-order valence-electron chi connectivity index (χ0n) is 21.7. The average Bonchev–Trinajstić information content (AvgIpc) is 2.95. The third-order valence-electron chi connectivity index (χ3n) is 7.64. The summed E-state index contributed by atoms with van der Waals surface area (Å²) >= 11 is 0. The number of rotatable bonds is 9. The number of amides is 1. The summed E-state index contributed by atoms with van der Waals surface area (Å²) in [4.78, 5) is 17.8. The number of carbonyl (C=O) groups is 1. The highest BCUT2D eigenvalue weighted by Crippen LogP contribution is 2.45. The molecule has 0 aromatic heterocycles. The van der Waals surface area contributed by atoms with Crippen molar-refractivity contribution in [3.8, 4) is 11.5 Å². The Morgan fingerprint density at radius 3 is 2.74 bits per heavy atom. The summed E-state index contributed by atoms with van der Waals surface area (Å²) in [5.74, 6) is 0.336. The molecule has 7 nitrogen and oxygen atoms in total. The van der Waals surface area contributed by atoms with E-state index in [0.717, 1.165) is 80.6 Å². The van der Waals surface area contributed by atoms with Crippen molar-refractivity contribution < 1.29 is 27.8 Å². The Hall–Kier alpha value is -3.04. The molecule has 2 aliphatic heterocycles. The van der Waals surface area contributed by atoms with E-state index in [9.17, 15) is 13.6 Å². The molecule has 0 spiro atoms. The number of morpholine rings is 1. The van der Waals surface area contributed by atoms with E-state index in [1.54, 1.807) is 24.3 Å². The molecule has 1 unspecified atom stereocenters. The molecule has 2 aromatic carbocycles. The first-order valence-electron chi connectivity index (χ1n) is 13.5. The van der Waals surface area contributed by atoms with E-state index >= 15 is 0 Å². The molecule has 38 heavy (non-hydrogen) atoms. The first-order valence-corrected chi connectivity index (χ1v) is 13.5. The van der Waals surface area contributed by atoms with Gasteiger partial charge in [0.25, 0.3) is 5.91 Å². The van der Waals surface area contributed by atoms with Crippen molar-refractivity contribution in [1.29, 1.82) is 0 Å².